The molecule has 0 aliphatic carbocycles. The number of rotatable bonds is 3. The van der Waals surface area contributed by atoms with Crippen molar-refractivity contribution in [1.29, 1.82) is 0 Å². The highest BCUT2D eigenvalue weighted by atomic mass is 19.1. The monoisotopic (exact) mass is 230 g/mol. The van der Waals surface area contributed by atoms with Gasteiger partial charge in [-0.3, -0.25) is 0 Å². The van der Waals surface area contributed by atoms with Crippen LogP contribution in [0.5, 0.6) is 0 Å². The third-order valence-electron chi connectivity index (χ3n) is 2.77. The molecule has 2 aromatic carbocycles. The number of hydrogen-bond acceptors (Lipinski definition) is 2. The lowest BCUT2D eigenvalue weighted by Gasteiger charge is -2.09. The molecule has 0 saturated heterocycles. The molecule has 0 aliphatic heterocycles. The van der Waals surface area contributed by atoms with Crippen molar-refractivity contribution in [3.63, 3.8) is 0 Å². The van der Waals surface area contributed by atoms with E-state index in [1.165, 1.54) is 12.1 Å². The van der Waals surface area contributed by atoms with E-state index in [2.05, 4.69) is 0 Å². The molecule has 0 saturated carbocycles. The zero-order valence-corrected chi connectivity index (χ0v) is 9.44. The van der Waals surface area contributed by atoms with E-state index in [0.717, 1.165) is 16.7 Å². The molecular weight excluding hydrogens is 215 g/mol. The Kier molecular flexibility index (Phi) is 3.52. The highest BCUT2D eigenvalue weighted by molar-refractivity contribution is 5.63. The zero-order chi connectivity index (χ0) is 12.3. The summed E-state index contributed by atoms with van der Waals surface area (Å²) in [5.41, 5.74) is 14.4. The molecule has 0 unspecified atom stereocenters. The van der Waals surface area contributed by atoms with Crippen molar-refractivity contribution in [2.24, 2.45) is 11.5 Å². The Hall–Kier alpha value is -1.71. The second-order valence-electron chi connectivity index (χ2n) is 3.97. The van der Waals surface area contributed by atoms with Gasteiger partial charge in [-0.15, -0.1) is 0 Å². The molecule has 2 rings (SSSR count). The van der Waals surface area contributed by atoms with Crippen LogP contribution in [0.1, 0.15) is 11.6 Å². The maximum atomic E-state index is 12.8. The van der Waals surface area contributed by atoms with Gasteiger partial charge in [-0.25, -0.2) is 4.39 Å². The van der Waals surface area contributed by atoms with Crippen LogP contribution in [0.2, 0.25) is 0 Å². The van der Waals surface area contributed by atoms with Crippen LogP contribution in [0, 0.1) is 5.82 Å². The molecule has 0 amide bonds. The summed E-state index contributed by atoms with van der Waals surface area (Å²) in [7, 11) is 0. The van der Waals surface area contributed by atoms with Crippen LogP contribution in [0.4, 0.5) is 4.39 Å². The van der Waals surface area contributed by atoms with Gasteiger partial charge in [0.15, 0.2) is 0 Å². The summed E-state index contributed by atoms with van der Waals surface area (Å²) in [6, 6.07) is 14.1. The van der Waals surface area contributed by atoms with Crippen molar-refractivity contribution in [2.45, 2.75) is 6.04 Å². The summed E-state index contributed by atoms with van der Waals surface area (Å²) in [5, 5.41) is 0. The predicted octanol–water partition coefficient (Wildman–Crippen LogP) is 2.45. The molecule has 0 radical (unpaired) electrons. The van der Waals surface area contributed by atoms with E-state index in [1.807, 2.05) is 24.3 Å². The Morgan fingerprint density at radius 2 is 1.35 bits per heavy atom. The van der Waals surface area contributed by atoms with Gasteiger partial charge in [0.25, 0.3) is 0 Å². The smallest absolute Gasteiger partial charge is 0.123 e. The fraction of sp³-hybridized carbons (Fsp3) is 0.143. The van der Waals surface area contributed by atoms with Crippen LogP contribution in [-0.4, -0.2) is 6.54 Å². The van der Waals surface area contributed by atoms with Crippen molar-refractivity contribution < 1.29 is 4.39 Å². The van der Waals surface area contributed by atoms with Crippen LogP contribution in [-0.2, 0) is 0 Å². The van der Waals surface area contributed by atoms with Crippen LogP contribution in [0.25, 0.3) is 11.1 Å². The van der Waals surface area contributed by atoms with Crippen LogP contribution < -0.4 is 11.5 Å². The average molecular weight is 230 g/mol. The van der Waals surface area contributed by atoms with E-state index in [4.69, 9.17) is 11.5 Å². The van der Waals surface area contributed by atoms with Gasteiger partial charge in [0.1, 0.15) is 5.82 Å². The van der Waals surface area contributed by atoms with E-state index >= 15 is 0 Å². The van der Waals surface area contributed by atoms with Crippen molar-refractivity contribution in [2.75, 3.05) is 6.54 Å². The Balaban J connectivity index is 2.26. The first kappa shape index (κ1) is 11.8. The second kappa shape index (κ2) is 5.08. The van der Waals surface area contributed by atoms with E-state index in [0.29, 0.717) is 6.54 Å². The molecule has 0 aliphatic rings. The average Bonchev–Trinajstić information content (AvgIpc) is 2.39. The Morgan fingerprint density at radius 3 is 1.82 bits per heavy atom. The van der Waals surface area contributed by atoms with Crippen molar-refractivity contribution >= 4 is 0 Å². The number of hydrogen-bond donors (Lipinski definition) is 2. The molecule has 88 valence electrons. The van der Waals surface area contributed by atoms with Gasteiger partial charge in [0, 0.05) is 12.6 Å². The predicted molar refractivity (Wildman–Crippen MR) is 67.8 cm³/mol. The molecule has 4 N–H and O–H groups in total. The normalized spacial score (nSPS) is 12.4. The van der Waals surface area contributed by atoms with Gasteiger partial charge < -0.3 is 11.5 Å². The van der Waals surface area contributed by atoms with E-state index < -0.39 is 0 Å². The third-order valence-corrected chi connectivity index (χ3v) is 2.77. The molecule has 17 heavy (non-hydrogen) atoms. The highest BCUT2D eigenvalue weighted by Gasteiger charge is 2.03. The molecular formula is C14H15FN2. The Bertz CT molecular complexity index is 477. The molecule has 1 atom stereocenters. The highest BCUT2D eigenvalue weighted by Crippen LogP contribution is 2.21. The van der Waals surface area contributed by atoms with Crippen LogP contribution >= 0.6 is 0 Å². The Morgan fingerprint density at radius 1 is 0.882 bits per heavy atom. The first-order valence-electron chi connectivity index (χ1n) is 5.52. The van der Waals surface area contributed by atoms with Gasteiger partial charge in [-0.05, 0) is 28.8 Å². The topological polar surface area (TPSA) is 52.0 Å². The minimum atomic E-state index is -0.226. The van der Waals surface area contributed by atoms with Gasteiger partial charge in [0.05, 0.1) is 0 Å². The molecule has 0 heterocycles. The third kappa shape index (κ3) is 2.70. The van der Waals surface area contributed by atoms with Crippen LogP contribution in [0.15, 0.2) is 48.5 Å². The lowest BCUT2D eigenvalue weighted by molar-refractivity contribution is 0.628. The van der Waals surface area contributed by atoms with Crippen molar-refractivity contribution in [1.82, 2.24) is 0 Å². The fourth-order valence-corrected chi connectivity index (χ4v) is 1.70. The summed E-state index contributed by atoms with van der Waals surface area (Å²) >= 11 is 0. The summed E-state index contributed by atoms with van der Waals surface area (Å²) < 4.78 is 12.8. The molecule has 3 heteroatoms. The van der Waals surface area contributed by atoms with Gasteiger partial charge >= 0.3 is 0 Å². The van der Waals surface area contributed by atoms with E-state index in [9.17, 15) is 4.39 Å². The summed E-state index contributed by atoms with van der Waals surface area (Å²) in [6.45, 7) is 0.426. The van der Waals surface area contributed by atoms with Gasteiger partial charge in [0.2, 0.25) is 0 Å². The molecule has 2 aromatic rings. The first-order valence-corrected chi connectivity index (χ1v) is 5.52. The fourth-order valence-electron chi connectivity index (χ4n) is 1.70. The lowest BCUT2D eigenvalue weighted by Crippen LogP contribution is -2.20. The summed E-state index contributed by atoms with van der Waals surface area (Å²) in [5.74, 6) is -0.226. The standard InChI is InChI=1S/C14H15FN2/c15-13-7-5-11(6-8-13)10-1-3-12(4-2-10)14(17)9-16/h1-8,14H,9,16-17H2/t14-/m0/s1. The zero-order valence-electron chi connectivity index (χ0n) is 9.44. The first-order chi connectivity index (χ1) is 8.20. The lowest BCUT2D eigenvalue weighted by atomic mass is 10.0. The van der Waals surface area contributed by atoms with E-state index in [-0.39, 0.29) is 11.9 Å². The molecule has 0 aromatic heterocycles. The van der Waals surface area contributed by atoms with Gasteiger partial charge in [-0.2, -0.15) is 0 Å². The molecule has 0 fully saturated rings. The molecule has 2 nitrogen and oxygen atoms in total. The minimum absolute atomic E-state index is 0.128. The number of benzene rings is 2. The van der Waals surface area contributed by atoms with Gasteiger partial charge in [-0.1, -0.05) is 36.4 Å². The largest absolute Gasteiger partial charge is 0.329 e. The number of halogens is 1. The van der Waals surface area contributed by atoms with Crippen molar-refractivity contribution in [3.8, 4) is 11.1 Å². The molecule has 0 spiro atoms. The summed E-state index contributed by atoms with van der Waals surface area (Å²) in [4.78, 5) is 0. The molecule has 0 bridgehead atoms. The Labute approximate surface area is 100 Å². The van der Waals surface area contributed by atoms with E-state index in [1.54, 1.807) is 12.1 Å². The quantitative estimate of drug-likeness (QED) is 0.851. The SMILES string of the molecule is NC[C@H](N)c1ccc(-c2ccc(F)cc2)cc1. The second-order valence-corrected chi connectivity index (χ2v) is 3.97. The maximum absolute atomic E-state index is 12.8. The summed E-state index contributed by atoms with van der Waals surface area (Å²) in [6.07, 6.45) is 0. The van der Waals surface area contributed by atoms with Crippen LogP contribution in [0.3, 0.4) is 0 Å². The minimum Gasteiger partial charge on any atom is -0.329 e. The number of nitrogens with two attached hydrogens (primary N) is 2. The van der Waals surface area contributed by atoms with Crippen molar-refractivity contribution in [3.05, 3.63) is 59.9 Å². The maximum Gasteiger partial charge on any atom is 0.123 e.